The minimum Gasteiger partial charge on any atom is -1.00 e. The van der Waals surface area contributed by atoms with Crippen LogP contribution in [0.3, 0.4) is 0 Å². The fraction of sp³-hybridized carbons (Fsp3) is 0.346. The minimum atomic E-state index is -4.74. The van der Waals surface area contributed by atoms with E-state index in [1.807, 2.05) is 26.2 Å². The number of ether oxygens (including phenoxy) is 2. The first-order valence-electron chi connectivity index (χ1n) is 22.7. The highest BCUT2D eigenvalue weighted by Crippen LogP contribution is 2.44. The Labute approximate surface area is 430 Å². The molecule has 4 aromatic rings. The van der Waals surface area contributed by atoms with E-state index in [9.17, 15) is 56.0 Å². The van der Waals surface area contributed by atoms with Crippen LogP contribution in [0.25, 0.3) is 0 Å². The molecule has 4 amide bonds. The Kier molecular flexibility index (Phi) is 18.0. The number of nitrogens with zero attached hydrogens (tertiary/aromatic N) is 7. The smallest absolute Gasteiger partial charge is 0.416 e. The summed E-state index contributed by atoms with van der Waals surface area (Å²) in [4.78, 5) is 62.2. The minimum absolute atomic E-state index is 0. The third-order valence-electron chi connectivity index (χ3n) is 12.4. The van der Waals surface area contributed by atoms with Crippen LogP contribution in [0.5, 0.6) is 0 Å². The molecule has 0 radical (unpaired) electrons. The molecular weight excluding hydrogens is 1060 g/mol. The molecule has 0 saturated carbocycles. The number of hydrogen-bond acceptors (Lipinski definition) is 8. The summed E-state index contributed by atoms with van der Waals surface area (Å²) in [6.45, 7) is 6.76. The average Bonchev–Trinajstić information content (AvgIpc) is 3.32. The lowest BCUT2D eigenvalue weighted by Crippen LogP contribution is -3.00. The molecule has 380 valence electrons. The highest BCUT2D eigenvalue weighted by Gasteiger charge is 2.46. The number of rotatable bonds is 16. The highest BCUT2D eigenvalue weighted by atomic mass is 127. The van der Waals surface area contributed by atoms with E-state index in [1.165, 1.54) is 72.2 Å². The third kappa shape index (κ3) is 12.2. The molecule has 0 unspecified atom stereocenters. The summed E-state index contributed by atoms with van der Waals surface area (Å²) >= 11 is 0. The zero-order valence-electron chi connectivity index (χ0n) is 40.3. The molecule has 6 rings (SSSR count). The van der Waals surface area contributed by atoms with Crippen LogP contribution in [0.15, 0.2) is 120 Å². The molecule has 2 heterocycles. The van der Waals surface area contributed by atoms with E-state index >= 15 is 0 Å². The van der Waals surface area contributed by atoms with Crippen molar-refractivity contribution in [1.29, 1.82) is 10.5 Å². The van der Waals surface area contributed by atoms with Crippen molar-refractivity contribution in [3.63, 3.8) is 0 Å². The number of anilines is 2. The van der Waals surface area contributed by atoms with Gasteiger partial charge < -0.3 is 47.7 Å². The van der Waals surface area contributed by atoms with Gasteiger partial charge >= 0.3 is 36.4 Å². The molecule has 2 atom stereocenters. The summed E-state index contributed by atoms with van der Waals surface area (Å²) in [7, 11) is 3.80. The van der Waals surface area contributed by atoms with E-state index in [1.54, 1.807) is 38.1 Å². The highest BCUT2D eigenvalue weighted by molar-refractivity contribution is 6.04. The second-order valence-corrected chi connectivity index (χ2v) is 17.5. The summed E-state index contributed by atoms with van der Waals surface area (Å²) < 4.78 is 95.2. The Hall–Kier alpha value is -6.91. The Morgan fingerprint density at radius 3 is 1.26 bits per heavy atom. The average molecular weight is 1110 g/mol. The fourth-order valence-corrected chi connectivity index (χ4v) is 8.97. The number of carbonyl (C=O) groups excluding carboxylic acids is 4. The fourth-order valence-electron chi connectivity index (χ4n) is 8.97. The topological polar surface area (TPSA) is 147 Å². The van der Waals surface area contributed by atoms with E-state index in [2.05, 4.69) is 0 Å². The van der Waals surface area contributed by atoms with Gasteiger partial charge in [-0.2, -0.15) is 36.9 Å². The SMILES string of the molecule is CCOC(=O)C1=C(C)N(c2cccc(C(F)(F)F)c2)C(=O)N(CCC[N+](C)(C)CCCN2C(=O)N(c3cccc(C(F)(F)F)c3)C(C)=C(C(=O)OCC)[C@H]2c2ccc(C#N)cc2)[C@@H]1c1ccc(C#N)cc1.[I-]. The van der Waals surface area contributed by atoms with Crippen molar-refractivity contribution in [3.05, 3.63) is 153 Å². The lowest BCUT2D eigenvalue weighted by atomic mass is 9.92. The number of halogens is 7. The van der Waals surface area contributed by atoms with Crippen LogP contribution in [0, 0.1) is 22.7 Å². The third-order valence-corrected chi connectivity index (χ3v) is 12.4. The molecule has 0 N–H and O–H groups in total. The molecule has 13 nitrogen and oxygen atoms in total. The number of esters is 2. The molecule has 2 aliphatic rings. The summed E-state index contributed by atoms with van der Waals surface area (Å²) in [6, 6.07) is 21.4. The maximum absolute atomic E-state index is 14.8. The van der Waals surface area contributed by atoms with E-state index in [0.29, 0.717) is 35.3 Å². The van der Waals surface area contributed by atoms with Crippen molar-refractivity contribution in [3.8, 4) is 12.1 Å². The molecule has 2 aliphatic heterocycles. The molecule has 4 aromatic carbocycles. The Balaban J connectivity index is 0.00000963. The van der Waals surface area contributed by atoms with Crippen LogP contribution < -0.4 is 33.8 Å². The molecule has 0 fully saturated rings. The van der Waals surface area contributed by atoms with Gasteiger partial charge in [0.15, 0.2) is 0 Å². The van der Waals surface area contributed by atoms with E-state index in [4.69, 9.17) is 9.47 Å². The first-order chi connectivity index (χ1) is 33.6. The standard InChI is InChI=1S/C52H52F6N7O6.HI/c1-7-70-47(66)43-33(3)63(41-15-9-13-39(29-41)51(53,54)55)49(68)61(45(43)37-21-17-35(31-59)18-22-37)25-11-27-65(5,6)28-12-26-62-46(38-23-19-36(32-60)20-24-38)44(48(67)71-8-2)34(4)64(50(62)69)42-16-10-14-40(30-42)52(56,57)58;/h9-10,13-24,29-30,45-46H,7-8,11-12,25-28H2,1-6H3;1H/q+1;/p-1/t45-,46-;/m1./s1. The molecule has 0 aliphatic carbocycles. The first kappa shape index (κ1) is 56.0. The van der Waals surface area contributed by atoms with E-state index < -0.39 is 59.6 Å². The lowest BCUT2D eigenvalue weighted by molar-refractivity contribution is -0.890. The summed E-state index contributed by atoms with van der Waals surface area (Å²) in [5, 5.41) is 19.1. The zero-order chi connectivity index (χ0) is 52.0. The van der Waals surface area contributed by atoms with E-state index in [0.717, 1.165) is 34.1 Å². The van der Waals surface area contributed by atoms with Crippen LogP contribution in [-0.4, -0.2) is 91.8 Å². The van der Waals surface area contributed by atoms with Crippen molar-refractivity contribution in [2.24, 2.45) is 0 Å². The van der Waals surface area contributed by atoms with Gasteiger partial charge in [-0.05, 0) is 99.5 Å². The predicted octanol–water partition coefficient (Wildman–Crippen LogP) is 7.67. The van der Waals surface area contributed by atoms with Crippen molar-refractivity contribution in [2.45, 2.75) is 65.0 Å². The molecule has 0 bridgehead atoms. The number of urea groups is 2. The Bertz CT molecular complexity index is 2630. The number of hydrogen-bond donors (Lipinski definition) is 0. The van der Waals surface area contributed by atoms with Gasteiger partial charge in [0.1, 0.15) is 0 Å². The quantitative estimate of drug-likeness (QED) is 0.0481. The van der Waals surface area contributed by atoms with Gasteiger partial charge in [0.25, 0.3) is 0 Å². The second kappa shape index (κ2) is 23.1. The summed E-state index contributed by atoms with van der Waals surface area (Å²) in [5.41, 5.74) is -0.603. The lowest BCUT2D eigenvalue weighted by Gasteiger charge is -2.44. The number of benzene rings is 4. The van der Waals surface area contributed by atoms with Crippen molar-refractivity contribution < 1.29 is 83.5 Å². The molecule has 20 heteroatoms. The second-order valence-electron chi connectivity index (χ2n) is 17.5. The van der Waals surface area contributed by atoms with Crippen LogP contribution >= 0.6 is 0 Å². The summed E-state index contributed by atoms with van der Waals surface area (Å²) in [5.74, 6) is -1.58. The summed E-state index contributed by atoms with van der Waals surface area (Å²) in [6.07, 6.45) is -8.91. The van der Waals surface area contributed by atoms with E-state index in [-0.39, 0.29) is 102 Å². The molecule has 0 saturated heterocycles. The predicted molar refractivity (Wildman–Crippen MR) is 250 cm³/mol. The largest absolute Gasteiger partial charge is 1.00 e. The molecule has 0 aromatic heterocycles. The van der Waals surface area contributed by atoms with Crippen LogP contribution in [0.1, 0.15) is 86.0 Å². The van der Waals surface area contributed by atoms with Crippen LogP contribution in [-0.2, 0) is 31.4 Å². The van der Waals surface area contributed by atoms with Gasteiger partial charge in [0.05, 0.1) is 109 Å². The molecular formula is C52H52F6IN7O6. The number of allylic oxidation sites excluding steroid dienone is 2. The Morgan fingerprint density at radius 1 is 0.611 bits per heavy atom. The van der Waals surface area contributed by atoms with Gasteiger partial charge in [-0.25, -0.2) is 19.2 Å². The monoisotopic (exact) mass is 1110 g/mol. The molecule has 0 spiro atoms. The number of nitriles is 2. The number of quaternary nitrogens is 1. The molecule has 72 heavy (non-hydrogen) atoms. The zero-order valence-corrected chi connectivity index (χ0v) is 42.4. The van der Waals surface area contributed by atoms with Crippen molar-refractivity contribution in [2.75, 3.05) is 63.3 Å². The van der Waals surface area contributed by atoms with Gasteiger partial charge in [-0.15, -0.1) is 0 Å². The van der Waals surface area contributed by atoms with Gasteiger partial charge in [0.2, 0.25) is 0 Å². The van der Waals surface area contributed by atoms with Gasteiger partial charge in [0, 0.05) is 37.3 Å². The Morgan fingerprint density at radius 2 is 0.958 bits per heavy atom. The maximum atomic E-state index is 14.8. The van der Waals surface area contributed by atoms with Crippen LogP contribution in [0.2, 0.25) is 0 Å². The van der Waals surface area contributed by atoms with Crippen LogP contribution in [0.4, 0.5) is 47.3 Å². The van der Waals surface area contributed by atoms with Gasteiger partial charge in [-0.1, -0.05) is 36.4 Å². The number of carbonyl (C=O) groups is 4. The van der Waals surface area contributed by atoms with Gasteiger partial charge in [-0.3, -0.25) is 9.80 Å². The van der Waals surface area contributed by atoms with Crippen molar-refractivity contribution >= 4 is 35.4 Å². The maximum Gasteiger partial charge on any atom is 0.416 e. The number of alkyl halides is 6. The number of amides is 4. The normalized spacial score (nSPS) is 16.6. The first-order valence-corrected chi connectivity index (χ1v) is 22.7. The van der Waals surface area contributed by atoms with Crippen molar-refractivity contribution in [1.82, 2.24) is 9.80 Å².